The van der Waals surface area contributed by atoms with Gasteiger partial charge >= 0.3 is 0 Å². The van der Waals surface area contributed by atoms with Crippen molar-refractivity contribution < 1.29 is 9.26 Å². The van der Waals surface area contributed by atoms with Gasteiger partial charge in [-0.05, 0) is 43.4 Å². The van der Waals surface area contributed by atoms with Crippen LogP contribution >= 0.6 is 0 Å². The molecule has 4 rings (SSSR count). The van der Waals surface area contributed by atoms with Gasteiger partial charge in [0.25, 0.3) is 0 Å². The number of hydrogen-bond donors (Lipinski definition) is 1. The lowest BCUT2D eigenvalue weighted by Gasteiger charge is -2.18. The second-order valence-corrected chi connectivity index (χ2v) is 6.08. The summed E-state index contributed by atoms with van der Waals surface area (Å²) in [6.07, 6.45) is 4.25. The lowest BCUT2D eigenvalue weighted by Crippen LogP contribution is -2.17. The highest BCUT2D eigenvalue weighted by Gasteiger charge is 2.51. The predicted molar refractivity (Wildman–Crippen MR) is 78.0 cm³/mol. The molecule has 2 fully saturated rings. The lowest BCUT2D eigenvalue weighted by molar-refractivity contribution is 0.0773. The molecular weight excluding hydrogens is 266 g/mol. The van der Waals surface area contributed by atoms with Crippen LogP contribution in [0.15, 0.2) is 28.8 Å². The summed E-state index contributed by atoms with van der Waals surface area (Å²) in [5, 5.41) is 4.20. The first-order valence-corrected chi connectivity index (χ1v) is 7.56. The molecule has 2 heterocycles. The van der Waals surface area contributed by atoms with Crippen molar-refractivity contribution in [3.8, 4) is 0 Å². The molecule has 1 aromatic heterocycles. The summed E-state index contributed by atoms with van der Waals surface area (Å²) in [6, 6.07) is 8.00. The van der Waals surface area contributed by atoms with Gasteiger partial charge in [0, 0.05) is 18.2 Å². The molecule has 0 amide bonds. The maximum Gasteiger partial charge on any atom is 0.237 e. The molecule has 5 nitrogen and oxygen atoms in total. The standard InChI is InChI=1S/C16H19N3O2/c17-13-5-3-12(4-6-13)16(7-8-16)15-18-14(19-21-15)11-2-1-9-20-10-11/h3-6,11H,1-2,7-10,17H2. The highest BCUT2D eigenvalue weighted by atomic mass is 16.5. The van der Waals surface area contributed by atoms with E-state index in [4.69, 9.17) is 15.0 Å². The van der Waals surface area contributed by atoms with Gasteiger partial charge < -0.3 is 15.0 Å². The van der Waals surface area contributed by atoms with Gasteiger partial charge in [-0.1, -0.05) is 17.3 Å². The first-order valence-electron chi connectivity index (χ1n) is 7.56. The predicted octanol–water partition coefficient (Wildman–Crippen LogP) is 2.63. The Morgan fingerprint density at radius 1 is 1.19 bits per heavy atom. The summed E-state index contributed by atoms with van der Waals surface area (Å²) < 4.78 is 11.1. The van der Waals surface area contributed by atoms with Crippen LogP contribution < -0.4 is 5.73 Å². The maximum absolute atomic E-state index is 5.77. The second kappa shape index (κ2) is 4.84. The molecule has 1 saturated heterocycles. The van der Waals surface area contributed by atoms with Gasteiger partial charge in [-0.15, -0.1) is 0 Å². The first kappa shape index (κ1) is 12.8. The molecule has 0 bridgehead atoms. The van der Waals surface area contributed by atoms with Crippen LogP contribution in [-0.4, -0.2) is 23.4 Å². The molecule has 2 N–H and O–H groups in total. The third kappa shape index (κ3) is 2.21. The number of benzene rings is 1. The van der Waals surface area contributed by atoms with Crippen LogP contribution in [0.2, 0.25) is 0 Å². The van der Waals surface area contributed by atoms with Crippen molar-refractivity contribution in [3.05, 3.63) is 41.5 Å². The zero-order chi connectivity index (χ0) is 14.3. The van der Waals surface area contributed by atoms with E-state index in [-0.39, 0.29) is 11.3 Å². The number of hydrogen-bond acceptors (Lipinski definition) is 5. The van der Waals surface area contributed by atoms with Crippen molar-refractivity contribution in [1.82, 2.24) is 10.1 Å². The molecular formula is C16H19N3O2. The molecule has 0 spiro atoms. The van der Waals surface area contributed by atoms with Gasteiger partial charge in [0.15, 0.2) is 5.82 Å². The Balaban J connectivity index is 1.61. The fourth-order valence-electron chi connectivity index (χ4n) is 3.09. The van der Waals surface area contributed by atoms with E-state index >= 15 is 0 Å². The molecule has 21 heavy (non-hydrogen) atoms. The van der Waals surface area contributed by atoms with E-state index in [0.29, 0.717) is 6.61 Å². The van der Waals surface area contributed by atoms with Crippen LogP contribution in [0.4, 0.5) is 5.69 Å². The van der Waals surface area contributed by atoms with Crippen LogP contribution in [0.25, 0.3) is 0 Å². The van der Waals surface area contributed by atoms with Gasteiger partial charge in [-0.25, -0.2) is 0 Å². The Kier molecular flexibility index (Phi) is 2.96. The van der Waals surface area contributed by atoms with Crippen molar-refractivity contribution in [2.24, 2.45) is 0 Å². The third-order valence-corrected chi connectivity index (χ3v) is 4.59. The third-order valence-electron chi connectivity index (χ3n) is 4.59. The van der Waals surface area contributed by atoms with Crippen LogP contribution in [0.1, 0.15) is 48.9 Å². The Bertz CT molecular complexity index is 625. The minimum atomic E-state index is -0.0888. The van der Waals surface area contributed by atoms with E-state index in [0.717, 1.165) is 49.7 Å². The van der Waals surface area contributed by atoms with Crippen molar-refractivity contribution in [2.45, 2.75) is 37.0 Å². The Morgan fingerprint density at radius 2 is 2.00 bits per heavy atom. The number of anilines is 1. The number of nitrogens with zero attached hydrogens (tertiary/aromatic N) is 2. The maximum atomic E-state index is 5.77. The van der Waals surface area contributed by atoms with Crippen molar-refractivity contribution in [3.63, 3.8) is 0 Å². The Hall–Kier alpha value is -1.88. The Morgan fingerprint density at radius 3 is 2.67 bits per heavy atom. The molecule has 5 heteroatoms. The lowest BCUT2D eigenvalue weighted by atomic mass is 9.95. The fraction of sp³-hybridized carbons (Fsp3) is 0.500. The molecule has 1 aromatic carbocycles. The molecule has 0 radical (unpaired) electrons. The first-order chi connectivity index (χ1) is 10.3. The quantitative estimate of drug-likeness (QED) is 0.877. The zero-order valence-corrected chi connectivity index (χ0v) is 11.9. The molecule has 110 valence electrons. The molecule has 1 unspecified atom stereocenters. The summed E-state index contributed by atoms with van der Waals surface area (Å²) in [4.78, 5) is 4.68. The van der Waals surface area contributed by atoms with Gasteiger partial charge in [0.05, 0.1) is 12.0 Å². The minimum absolute atomic E-state index is 0.0888. The SMILES string of the molecule is Nc1ccc(C2(c3nc(C4CCCOC4)no3)CC2)cc1. The van der Waals surface area contributed by atoms with E-state index in [1.807, 2.05) is 12.1 Å². The monoisotopic (exact) mass is 285 g/mol. The van der Waals surface area contributed by atoms with E-state index < -0.39 is 0 Å². The fourth-order valence-corrected chi connectivity index (χ4v) is 3.09. The summed E-state index contributed by atoms with van der Waals surface area (Å²) in [5.41, 5.74) is 7.67. The average molecular weight is 285 g/mol. The molecule has 1 aliphatic carbocycles. The molecule has 1 aliphatic heterocycles. The second-order valence-electron chi connectivity index (χ2n) is 6.08. The summed E-state index contributed by atoms with van der Waals surface area (Å²) >= 11 is 0. The van der Waals surface area contributed by atoms with Crippen LogP contribution in [-0.2, 0) is 10.2 Å². The summed E-state index contributed by atoms with van der Waals surface area (Å²) in [6.45, 7) is 1.55. The normalized spacial score (nSPS) is 23.9. The number of nitrogens with two attached hydrogens (primary N) is 1. The van der Waals surface area contributed by atoms with Crippen molar-refractivity contribution in [2.75, 3.05) is 18.9 Å². The largest absolute Gasteiger partial charge is 0.399 e. The van der Waals surface area contributed by atoms with E-state index in [1.54, 1.807) is 0 Å². The van der Waals surface area contributed by atoms with Gasteiger partial charge in [-0.2, -0.15) is 4.98 Å². The molecule has 1 saturated carbocycles. The highest BCUT2D eigenvalue weighted by molar-refractivity contribution is 5.46. The zero-order valence-electron chi connectivity index (χ0n) is 11.9. The summed E-state index contributed by atoms with van der Waals surface area (Å²) in [5.74, 6) is 1.82. The number of nitrogen functional groups attached to an aromatic ring is 1. The number of ether oxygens (including phenoxy) is 1. The van der Waals surface area contributed by atoms with Crippen LogP contribution in [0.5, 0.6) is 0 Å². The van der Waals surface area contributed by atoms with E-state index in [9.17, 15) is 0 Å². The number of aromatic nitrogens is 2. The average Bonchev–Trinajstić information content (AvgIpc) is 3.19. The summed E-state index contributed by atoms with van der Waals surface area (Å²) in [7, 11) is 0. The van der Waals surface area contributed by atoms with Gasteiger partial charge in [0.2, 0.25) is 5.89 Å². The molecule has 2 aliphatic rings. The smallest absolute Gasteiger partial charge is 0.237 e. The van der Waals surface area contributed by atoms with Crippen molar-refractivity contribution >= 4 is 5.69 Å². The van der Waals surface area contributed by atoms with Crippen LogP contribution in [0, 0.1) is 0 Å². The Labute approximate surface area is 123 Å². The topological polar surface area (TPSA) is 74.2 Å². The van der Waals surface area contributed by atoms with E-state index in [2.05, 4.69) is 22.3 Å². The highest BCUT2D eigenvalue weighted by Crippen LogP contribution is 2.53. The minimum Gasteiger partial charge on any atom is -0.399 e. The van der Waals surface area contributed by atoms with Gasteiger partial charge in [-0.3, -0.25) is 0 Å². The van der Waals surface area contributed by atoms with Crippen LogP contribution in [0.3, 0.4) is 0 Å². The number of rotatable bonds is 3. The van der Waals surface area contributed by atoms with Gasteiger partial charge in [0.1, 0.15) is 0 Å². The molecule has 2 aromatic rings. The van der Waals surface area contributed by atoms with Crippen molar-refractivity contribution in [1.29, 1.82) is 0 Å². The molecule has 1 atom stereocenters. The van der Waals surface area contributed by atoms with E-state index in [1.165, 1.54) is 5.56 Å².